The number of nitrogens with two attached hydrogens (primary N) is 1. The Balaban J connectivity index is 1.89. The van der Waals surface area contributed by atoms with Crippen LogP contribution in [0.1, 0.15) is 12.0 Å². The van der Waals surface area contributed by atoms with E-state index in [0.717, 1.165) is 34.9 Å². The Hall–Kier alpha value is -2.27. The summed E-state index contributed by atoms with van der Waals surface area (Å²) >= 11 is 5.07. The van der Waals surface area contributed by atoms with Crippen molar-refractivity contribution >= 4 is 28.6 Å². The quantitative estimate of drug-likeness (QED) is 0.852. The summed E-state index contributed by atoms with van der Waals surface area (Å²) in [4.78, 5) is 0.368. The van der Waals surface area contributed by atoms with Gasteiger partial charge in [0.25, 0.3) is 0 Å². The van der Waals surface area contributed by atoms with Crippen molar-refractivity contribution in [2.75, 3.05) is 18.5 Å². The van der Waals surface area contributed by atoms with Gasteiger partial charge < -0.3 is 20.5 Å². The number of hydrogen-bond acceptors (Lipinski definition) is 4. The molecule has 3 N–H and O–H groups in total. The van der Waals surface area contributed by atoms with Gasteiger partial charge in [0.2, 0.25) is 0 Å². The Morgan fingerprint density at radius 3 is 2.62 bits per heavy atom. The van der Waals surface area contributed by atoms with Gasteiger partial charge in [0.15, 0.2) is 11.5 Å². The molecule has 0 aromatic heterocycles. The second-order valence-corrected chi connectivity index (χ2v) is 5.19. The predicted octanol–water partition coefficient (Wildman–Crippen LogP) is 3.23. The molecule has 0 atom stereocenters. The highest BCUT2D eigenvalue weighted by atomic mass is 32.1. The van der Waals surface area contributed by atoms with Gasteiger partial charge in [-0.2, -0.15) is 0 Å². The number of benzene rings is 2. The maximum absolute atomic E-state index is 5.75. The van der Waals surface area contributed by atoms with Crippen LogP contribution < -0.4 is 20.5 Å². The van der Waals surface area contributed by atoms with Crippen molar-refractivity contribution in [1.29, 1.82) is 0 Å². The Bertz CT molecular complexity index is 673. The van der Waals surface area contributed by atoms with Gasteiger partial charge in [0, 0.05) is 29.4 Å². The molecule has 0 radical (unpaired) electrons. The summed E-state index contributed by atoms with van der Waals surface area (Å²) in [5, 5.41) is 3.32. The van der Waals surface area contributed by atoms with Gasteiger partial charge in [-0.1, -0.05) is 24.4 Å². The number of nitrogens with one attached hydrogen (secondary N) is 1. The van der Waals surface area contributed by atoms with Crippen LogP contribution in [0.3, 0.4) is 0 Å². The molecular formula is C16H16N2O2S. The first-order valence-corrected chi connectivity index (χ1v) is 7.20. The number of fused-ring (bicyclic) bond motifs is 1. The molecule has 0 saturated heterocycles. The van der Waals surface area contributed by atoms with Gasteiger partial charge in [-0.3, -0.25) is 0 Å². The van der Waals surface area contributed by atoms with Gasteiger partial charge in [-0.25, -0.2) is 0 Å². The molecular weight excluding hydrogens is 284 g/mol. The lowest BCUT2D eigenvalue weighted by Gasteiger charge is -2.13. The molecule has 1 aliphatic heterocycles. The topological polar surface area (TPSA) is 56.5 Å². The summed E-state index contributed by atoms with van der Waals surface area (Å²) in [7, 11) is 0. The lowest BCUT2D eigenvalue weighted by molar-refractivity contribution is 0.297. The van der Waals surface area contributed by atoms with E-state index in [1.165, 1.54) is 0 Å². The van der Waals surface area contributed by atoms with Crippen LogP contribution in [-0.4, -0.2) is 18.2 Å². The van der Waals surface area contributed by atoms with Crippen molar-refractivity contribution < 1.29 is 9.47 Å². The number of rotatable bonds is 3. The third-order valence-corrected chi connectivity index (χ3v) is 3.44. The zero-order valence-electron chi connectivity index (χ0n) is 11.5. The van der Waals surface area contributed by atoms with Gasteiger partial charge in [-0.15, -0.1) is 0 Å². The average molecular weight is 300 g/mol. The molecule has 0 bridgehead atoms. The normalized spacial score (nSPS) is 13.3. The summed E-state index contributed by atoms with van der Waals surface area (Å²) in [6.07, 6.45) is 0.891. The lowest BCUT2D eigenvalue weighted by Crippen LogP contribution is -2.11. The molecule has 21 heavy (non-hydrogen) atoms. The first-order valence-electron chi connectivity index (χ1n) is 6.79. The van der Waals surface area contributed by atoms with E-state index in [0.29, 0.717) is 18.2 Å². The molecule has 1 aliphatic rings. The Kier molecular flexibility index (Phi) is 3.92. The molecule has 0 spiro atoms. The molecule has 3 rings (SSSR count). The van der Waals surface area contributed by atoms with E-state index < -0.39 is 0 Å². The van der Waals surface area contributed by atoms with E-state index in [2.05, 4.69) is 5.32 Å². The fourth-order valence-corrected chi connectivity index (χ4v) is 2.38. The number of hydrogen-bond donors (Lipinski definition) is 2. The first-order chi connectivity index (χ1) is 10.2. The van der Waals surface area contributed by atoms with Crippen molar-refractivity contribution in [2.24, 2.45) is 5.73 Å². The highest BCUT2D eigenvalue weighted by Gasteiger charge is 2.11. The van der Waals surface area contributed by atoms with Crippen LogP contribution in [0, 0.1) is 0 Å². The van der Waals surface area contributed by atoms with Crippen molar-refractivity contribution in [1.82, 2.24) is 0 Å². The first kappa shape index (κ1) is 13.7. The zero-order valence-corrected chi connectivity index (χ0v) is 12.3. The van der Waals surface area contributed by atoms with E-state index in [1.54, 1.807) is 0 Å². The molecule has 1 heterocycles. The SMILES string of the molecule is NC(=S)c1ccccc1Nc1ccc2c(c1)OCCCO2. The van der Waals surface area contributed by atoms with Crippen LogP contribution in [0.25, 0.3) is 0 Å². The summed E-state index contributed by atoms with van der Waals surface area (Å²) < 4.78 is 11.3. The number of ether oxygens (including phenoxy) is 2. The standard InChI is InChI=1S/C16H16N2O2S/c17-16(21)12-4-1-2-5-13(12)18-11-6-7-14-15(10-11)20-9-3-8-19-14/h1-2,4-7,10,18H,3,8-9H2,(H2,17,21). The second kappa shape index (κ2) is 6.01. The maximum atomic E-state index is 5.75. The second-order valence-electron chi connectivity index (χ2n) is 4.75. The fraction of sp³-hybridized carbons (Fsp3) is 0.188. The van der Waals surface area contributed by atoms with Gasteiger partial charge in [0.05, 0.1) is 13.2 Å². The number of para-hydroxylation sites is 1. The molecule has 0 amide bonds. The molecule has 0 fully saturated rings. The maximum Gasteiger partial charge on any atom is 0.163 e. The monoisotopic (exact) mass is 300 g/mol. The number of anilines is 2. The number of thiocarbonyl (C=S) groups is 1. The van der Waals surface area contributed by atoms with E-state index in [1.807, 2.05) is 42.5 Å². The molecule has 108 valence electrons. The van der Waals surface area contributed by atoms with Gasteiger partial charge in [0.1, 0.15) is 4.99 Å². The molecule has 0 aliphatic carbocycles. The zero-order chi connectivity index (χ0) is 14.7. The van der Waals surface area contributed by atoms with Crippen LogP contribution in [0.5, 0.6) is 11.5 Å². The van der Waals surface area contributed by atoms with Crippen molar-refractivity contribution in [3.63, 3.8) is 0 Å². The van der Waals surface area contributed by atoms with E-state index >= 15 is 0 Å². The highest BCUT2D eigenvalue weighted by molar-refractivity contribution is 7.80. The van der Waals surface area contributed by atoms with Gasteiger partial charge in [-0.05, 0) is 24.3 Å². The minimum atomic E-state index is 0.368. The largest absolute Gasteiger partial charge is 0.490 e. The molecule has 4 nitrogen and oxygen atoms in total. The van der Waals surface area contributed by atoms with Crippen LogP contribution in [-0.2, 0) is 0 Å². The van der Waals surface area contributed by atoms with Crippen LogP contribution in [0.2, 0.25) is 0 Å². The smallest absolute Gasteiger partial charge is 0.163 e. The van der Waals surface area contributed by atoms with Crippen LogP contribution in [0.4, 0.5) is 11.4 Å². The Labute approximate surface area is 128 Å². The third kappa shape index (κ3) is 3.08. The summed E-state index contributed by atoms with van der Waals surface area (Å²) in [6, 6.07) is 13.5. The third-order valence-electron chi connectivity index (χ3n) is 3.22. The average Bonchev–Trinajstić information content (AvgIpc) is 2.72. The minimum absolute atomic E-state index is 0.368. The Morgan fingerprint density at radius 2 is 1.81 bits per heavy atom. The van der Waals surface area contributed by atoms with Crippen molar-refractivity contribution in [3.8, 4) is 11.5 Å². The summed E-state index contributed by atoms with van der Waals surface area (Å²) in [5.74, 6) is 1.53. The minimum Gasteiger partial charge on any atom is -0.490 e. The van der Waals surface area contributed by atoms with E-state index in [9.17, 15) is 0 Å². The van der Waals surface area contributed by atoms with Gasteiger partial charge >= 0.3 is 0 Å². The summed E-state index contributed by atoms with van der Waals surface area (Å²) in [5.41, 5.74) is 8.35. The molecule has 2 aromatic carbocycles. The fourth-order valence-electron chi connectivity index (χ4n) is 2.20. The lowest BCUT2D eigenvalue weighted by atomic mass is 10.1. The van der Waals surface area contributed by atoms with Crippen LogP contribution in [0.15, 0.2) is 42.5 Å². The van der Waals surface area contributed by atoms with Crippen molar-refractivity contribution in [2.45, 2.75) is 6.42 Å². The molecule has 0 saturated carbocycles. The van der Waals surface area contributed by atoms with E-state index in [-0.39, 0.29) is 0 Å². The molecule has 5 heteroatoms. The van der Waals surface area contributed by atoms with E-state index in [4.69, 9.17) is 27.4 Å². The Morgan fingerprint density at radius 1 is 1.05 bits per heavy atom. The molecule has 2 aromatic rings. The molecule has 0 unspecified atom stereocenters. The predicted molar refractivity (Wildman–Crippen MR) is 87.7 cm³/mol. The van der Waals surface area contributed by atoms with Crippen LogP contribution >= 0.6 is 12.2 Å². The highest BCUT2D eigenvalue weighted by Crippen LogP contribution is 2.33. The van der Waals surface area contributed by atoms with Crippen molar-refractivity contribution in [3.05, 3.63) is 48.0 Å². The summed E-state index contributed by atoms with van der Waals surface area (Å²) in [6.45, 7) is 1.35.